The molecule has 154 valence electrons. The molecule has 0 atom stereocenters. The van der Waals surface area contributed by atoms with Crippen molar-refractivity contribution in [3.63, 3.8) is 0 Å². The first kappa shape index (κ1) is 21.0. The number of benzene rings is 2. The number of aryl methyl sites for hydroxylation is 1. The summed E-state index contributed by atoms with van der Waals surface area (Å²) in [6.07, 6.45) is 0. The third kappa shape index (κ3) is 6.10. The first-order valence-corrected chi connectivity index (χ1v) is 9.77. The third-order valence-electron chi connectivity index (χ3n) is 4.97. The van der Waals surface area contributed by atoms with E-state index >= 15 is 0 Å². The van der Waals surface area contributed by atoms with E-state index in [0.29, 0.717) is 12.5 Å². The molecule has 29 heavy (non-hydrogen) atoms. The van der Waals surface area contributed by atoms with Gasteiger partial charge in [0.05, 0.1) is 19.8 Å². The maximum absolute atomic E-state index is 13.5. The Kier molecular flexibility index (Phi) is 7.32. The van der Waals surface area contributed by atoms with Gasteiger partial charge in [-0.3, -0.25) is 20.0 Å². The van der Waals surface area contributed by atoms with E-state index in [1.54, 1.807) is 6.07 Å². The lowest BCUT2D eigenvalue weighted by Crippen LogP contribution is -2.39. The van der Waals surface area contributed by atoms with Crippen LogP contribution in [0.25, 0.3) is 0 Å². The average molecular weight is 398 g/mol. The lowest BCUT2D eigenvalue weighted by molar-refractivity contribution is 0.0394. The average Bonchev–Trinajstić information content (AvgIpc) is 2.72. The number of halogens is 1. The molecule has 1 fully saturated rings. The molecule has 0 unspecified atom stereocenters. The number of nitrogens with zero attached hydrogens (tertiary/aromatic N) is 2. The standard InChI is InChI=1S/C22H27FN4O2/c1-16-5-3-8-20(17(16)2)25-22(24-9-10-27-11-13-29-14-12-27)26-21(28)18-6-4-7-19(23)15-18/h3-8,15H,9-14H2,1-2H3,(H2,24,25,26,28). The van der Waals surface area contributed by atoms with Gasteiger partial charge in [-0.15, -0.1) is 0 Å². The van der Waals surface area contributed by atoms with E-state index in [-0.39, 0.29) is 5.56 Å². The van der Waals surface area contributed by atoms with Crippen molar-refractivity contribution in [2.45, 2.75) is 13.8 Å². The number of anilines is 1. The second-order valence-electron chi connectivity index (χ2n) is 7.02. The van der Waals surface area contributed by atoms with Crippen molar-refractivity contribution in [2.24, 2.45) is 4.99 Å². The zero-order valence-electron chi connectivity index (χ0n) is 16.9. The summed E-state index contributed by atoms with van der Waals surface area (Å²) < 4.78 is 18.8. The number of hydrogen-bond donors (Lipinski definition) is 2. The maximum atomic E-state index is 13.5. The zero-order chi connectivity index (χ0) is 20.6. The molecule has 0 spiro atoms. The molecule has 0 saturated carbocycles. The van der Waals surface area contributed by atoms with Gasteiger partial charge in [-0.25, -0.2) is 4.39 Å². The SMILES string of the molecule is Cc1cccc(NC(=NCCN2CCOCC2)NC(=O)c2cccc(F)c2)c1C. The predicted molar refractivity (Wildman–Crippen MR) is 113 cm³/mol. The molecule has 1 amide bonds. The highest BCUT2D eigenvalue weighted by molar-refractivity contribution is 6.10. The number of nitrogens with one attached hydrogen (secondary N) is 2. The van der Waals surface area contributed by atoms with Crippen LogP contribution in [0.3, 0.4) is 0 Å². The Balaban J connectivity index is 1.73. The van der Waals surface area contributed by atoms with Gasteiger partial charge in [-0.1, -0.05) is 18.2 Å². The van der Waals surface area contributed by atoms with E-state index in [4.69, 9.17) is 4.74 Å². The molecule has 1 heterocycles. The second kappa shape index (κ2) is 10.1. The van der Waals surface area contributed by atoms with Crippen LogP contribution >= 0.6 is 0 Å². The predicted octanol–water partition coefficient (Wildman–Crippen LogP) is 2.97. The van der Waals surface area contributed by atoms with Gasteiger partial charge in [0, 0.05) is 30.9 Å². The van der Waals surface area contributed by atoms with Crippen LogP contribution in [0.15, 0.2) is 47.5 Å². The number of ether oxygens (including phenoxy) is 1. The van der Waals surface area contributed by atoms with Crippen molar-refractivity contribution < 1.29 is 13.9 Å². The van der Waals surface area contributed by atoms with Gasteiger partial charge in [0.15, 0.2) is 0 Å². The van der Waals surface area contributed by atoms with Crippen molar-refractivity contribution in [1.29, 1.82) is 0 Å². The summed E-state index contributed by atoms with van der Waals surface area (Å²) in [5, 5.41) is 6.01. The monoisotopic (exact) mass is 398 g/mol. The van der Waals surface area contributed by atoms with Crippen LogP contribution in [-0.2, 0) is 4.74 Å². The Morgan fingerprint density at radius 3 is 2.69 bits per heavy atom. The molecule has 1 saturated heterocycles. The van der Waals surface area contributed by atoms with Gasteiger partial charge < -0.3 is 10.1 Å². The van der Waals surface area contributed by atoms with Crippen LogP contribution < -0.4 is 10.6 Å². The lowest BCUT2D eigenvalue weighted by atomic mass is 10.1. The van der Waals surface area contributed by atoms with Gasteiger partial charge in [0.1, 0.15) is 5.82 Å². The van der Waals surface area contributed by atoms with E-state index in [1.807, 2.05) is 32.0 Å². The minimum atomic E-state index is -0.453. The zero-order valence-corrected chi connectivity index (χ0v) is 16.9. The topological polar surface area (TPSA) is 66.0 Å². The number of morpholine rings is 1. The fourth-order valence-corrected chi connectivity index (χ4v) is 3.06. The number of hydrogen-bond acceptors (Lipinski definition) is 4. The van der Waals surface area contributed by atoms with Crippen molar-refractivity contribution in [1.82, 2.24) is 10.2 Å². The van der Waals surface area contributed by atoms with Crippen molar-refractivity contribution in [3.05, 3.63) is 65.0 Å². The molecule has 6 nitrogen and oxygen atoms in total. The second-order valence-corrected chi connectivity index (χ2v) is 7.02. The van der Waals surface area contributed by atoms with Crippen LogP contribution in [0.4, 0.5) is 10.1 Å². The Bertz CT molecular complexity index is 879. The van der Waals surface area contributed by atoms with E-state index in [0.717, 1.165) is 49.7 Å². The Hall–Kier alpha value is -2.77. The molecule has 7 heteroatoms. The molecule has 0 bridgehead atoms. The molecule has 3 rings (SSSR count). The van der Waals surface area contributed by atoms with E-state index in [9.17, 15) is 9.18 Å². The van der Waals surface area contributed by atoms with Crippen LogP contribution in [0, 0.1) is 19.7 Å². The maximum Gasteiger partial charge on any atom is 0.258 e. The summed E-state index contributed by atoms with van der Waals surface area (Å²) in [5.74, 6) is -0.514. The first-order chi connectivity index (χ1) is 14.0. The van der Waals surface area contributed by atoms with Gasteiger partial charge >= 0.3 is 0 Å². The molecule has 0 aliphatic carbocycles. The van der Waals surface area contributed by atoms with Crippen molar-refractivity contribution in [2.75, 3.05) is 44.7 Å². The summed E-state index contributed by atoms with van der Waals surface area (Å²) in [6, 6.07) is 11.5. The van der Waals surface area contributed by atoms with E-state index < -0.39 is 11.7 Å². The third-order valence-corrected chi connectivity index (χ3v) is 4.97. The van der Waals surface area contributed by atoms with Crippen molar-refractivity contribution in [3.8, 4) is 0 Å². The van der Waals surface area contributed by atoms with Gasteiger partial charge in [0.25, 0.3) is 5.91 Å². The molecule has 2 N–H and O–H groups in total. The molecule has 0 radical (unpaired) electrons. The highest BCUT2D eigenvalue weighted by atomic mass is 19.1. The first-order valence-electron chi connectivity index (χ1n) is 9.77. The van der Waals surface area contributed by atoms with Crippen LogP contribution in [0.5, 0.6) is 0 Å². The highest BCUT2D eigenvalue weighted by Crippen LogP contribution is 2.17. The number of aliphatic imine (C=N–C) groups is 1. The fraction of sp³-hybridized carbons (Fsp3) is 0.364. The normalized spacial score (nSPS) is 15.2. The molecular formula is C22H27FN4O2. The lowest BCUT2D eigenvalue weighted by Gasteiger charge is -2.25. The minimum Gasteiger partial charge on any atom is -0.379 e. The fourth-order valence-electron chi connectivity index (χ4n) is 3.06. The molecule has 1 aliphatic rings. The van der Waals surface area contributed by atoms with Gasteiger partial charge in [0.2, 0.25) is 5.96 Å². The summed E-state index contributed by atoms with van der Waals surface area (Å²) in [5.41, 5.74) is 3.33. The van der Waals surface area contributed by atoms with Crippen LogP contribution in [0.1, 0.15) is 21.5 Å². The van der Waals surface area contributed by atoms with E-state index in [2.05, 4.69) is 20.5 Å². The number of rotatable bonds is 5. The van der Waals surface area contributed by atoms with Gasteiger partial charge in [-0.05, 0) is 49.2 Å². The summed E-state index contributed by atoms with van der Waals surface area (Å²) in [6.45, 7) is 8.56. The smallest absolute Gasteiger partial charge is 0.258 e. The molecule has 0 aromatic heterocycles. The number of carbonyl (C=O) groups is 1. The Morgan fingerprint density at radius 2 is 1.93 bits per heavy atom. The van der Waals surface area contributed by atoms with E-state index in [1.165, 1.54) is 18.2 Å². The summed E-state index contributed by atoms with van der Waals surface area (Å²) >= 11 is 0. The summed E-state index contributed by atoms with van der Waals surface area (Å²) in [7, 11) is 0. The summed E-state index contributed by atoms with van der Waals surface area (Å²) in [4.78, 5) is 19.4. The van der Waals surface area contributed by atoms with Crippen LogP contribution in [-0.4, -0.2) is 56.2 Å². The van der Waals surface area contributed by atoms with Gasteiger partial charge in [-0.2, -0.15) is 0 Å². The Morgan fingerprint density at radius 1 is 1.17 bits per heavy atom. The number of amides is 1. The number of guanidine groups is 1. The van der Waals surface area contributed by atoms with Crippen molar-refractivity contribution >= 4 is 17.6 Å². The quantitative estimate of drug-likeness (QED) is 0.600. The Labute approximate surface area is 170 Å². The van der Waals surface area contributed by atoms with Crippen LogP contribution in [0.2, 0.25) is 0 Å². The number of carbonyl (C=O) groups excluding carboxylic acids is 1. The minimum absolute atomic E-state index is 0.244. The largest absolute Gasteiger partial charge is 0.379 e. The molecule has 2 aromatic rings. The highest BCUT2D eigenvalue weighted by Gasteiger charge is 2.13. The molecule has 1 aliphatic heterocycles. The molecular weight excluding hydrogens is 371 g/mol. The molecule has 2 aromatic carbocycles.